The SMILES string of the molecule is C=C1/C=C\N/C(C)=C\C(C)=C1CN1CCCC1c1ccc(C)cc1. The maximum atomic E-state index is 4.28. The summed E-state index contributed by atoms with van der Waals surface area (Å²) in [5, 5.41) is 3.27. The lowest BCUT2D eigenvalue weighted by atomic mass is 9.98. The van der Waals surface area contributed by atoms with Gasteiger partial charge in [0.2, 0.25) is 0 Å². The van der Waals surface area contributed by atoms with Gasteiger partial charge in [0.15, 0.2) is 0 Å². The van der Waals surface area contributed by atoms with Crippen LogP contribution in [0.25, 0.3) is 0 Å². The number of benzene rings is 1. The molecule has 1 fully saturated rings. The molecule has 0 amide bonds. The minimum atomic E-state index is 0.524. The highest BCUT2D eigenvalue weighted by atomic mass is 15.2. The van der Waals surface area contributed by atoms with Gasteiger partial charge in [0, 0.05) is 24.5 Å². The van der Waals surface area contributed by atoms with Gasteiger partial charge in [0.1, 0.15) is 0 Å². The lowest BCUT2D eigenvalue weighted by Crippen LogP contribution is -2.26. The number of nitrogens with zero attached hydrogens (tertiary/aromatic N) is 1. The normalized spacial score (nSPS) is 25.7. The van der Waals surface area contributed by atoms with Gasteiger partial charge in [-0.05, 0) is 74.6 Å². The fraction of sp³-hybridized carbons (Fsp3) is 0.364. The van der Waals surface area contributed by atoms with Crippen molar-refractivity contribution in [1.82, 2.24) is 10.2 Å². The van der Waals surface area contributed by atoms with Gasteiger partial charge in [0.25, 0.3) is 0 Å². The molecule has 1 N–H and O–H groups in total. The third-order valence-electron chi connectivity index (χ3n) is 5.08. The Labute approximate surface area is 146 Å². The van der Waals surface area contributed by atoms with Crippen molar-refractivity contribution in [1.29, 1.82) is 0 Å². The van der Waals surface area contributed by atoms with Crippen molar-refractivity contribution in [2.75, 3.05) is 13.1 Å². The Hall–Kier alpha value is -2.06. The van der Waals surface area contributed by atoms with Crippen LogP contribution in [0.3, 0.4) is 0 Å². The van der Waals surface area contributed by atoms with Gasteiger partial charge in [-0.25, -0.2) is 0 Å². The Balaban J connectivity index is 1.85. The maximum absolute atomic E-state index is 4.28. The van der Waals surface area contributed by atoms with E-state index in [-0.39, 0.29) is 0 Å². The zero-order valence-electron chi connectivity index (χ0n) is 15.1. The Morgan fingerprint density at radius 3 is 2.67 bits per heavy atom. The maximum Gasteiger partial charge on any atom is 0.0352 e. The minimum absolute atomic E-state index is 0.524. The molecule has 0 aromatic heterocycles. The molecular formula is C22H28N2. The molecule has 0 aliphatic carbocycles. The molecule has 1 atom stereocenters. The lowest BCUT2D eigenvalue weighted by Gasteiger charge is -2.27. The molecule has 0 bridgehead atoms. The molecule has 24 heavy (non-hydrogen) atoms. The monoisotopic (exact) mass is 320 g/mol. The molecular weight excluding hydrogens is 292 g/mol. The lowest BCUT2D eigenvalue weighted by molar-refractivity contribution is 0.280. The minimum Gasteiger partial charge on any atom is -0.365 e. The van der Waals surface area contributed by atoms with Gasteiger partial charge in [-0.3, -0.25) is 4.90 Å². The number of aryl methyl sites for hydroxylation is 1. The molecule has 2 heterocycles. The second-order valence-electron chi connectivity index (χ2n) is 7.03. The molecule has 2 aliphatic heterocycles. The second kappa shape index (κ2) is 7.23. The van der Waals surface area contributed by atoms with E-state index in [0.717, 1.165) is 18.7 Å². The van der Waals surface area contributed by atoms with Crippen molar-refractivity contribution < 1.29 is 0 Å². The van der Waals surface area contributed by atoms with Crippen molar-refractivity contribution in [3.8, 4) is 0 Å². The van der Waals surface area contributed by atoms with Crippen molar-refractivity contribution in [2.45, 2.75) is 39.7 Å². The molecule has 1 aromatic rings. The first-order chi connectivity index (χ1) is 11.5. The third kappa shape index (κ3) is 3.70. The summed E-state index contributed by atoms with van der Waals surface area (Å²) in [7, 11) is 0. The van der Waals surface area contributed by atoms with Crippen LogP contribution >= 0.6 is 0 Å². The molecule has 126 valence electrons. The first kappa shape index (κ1) is 16.8. The van der Waals surface area contributed by atoms with Crippen LogP contribution in [0.1, 0.15) is 43.9 Å². The number of likely N-dealkylation sites (tertiary alicyclic amines) is 1. The molecule has 0 spiro atoms. The predicted octanol–water partition coefficient (Wildman–Crippen LogP) is 5.03. The van der Waals surface area contributed by atoms with E-state index in [0.29, 0.717) is 6.04 Å². The third-order valence-corrected chi connectivity index (χ3v) is 5.08. The molecule has 3 rings (SSSR count). The first-order valence-corrected chi connectivity index (χ1v) is 8.85. The number of hydrogen-bond donors (Lipinski definition) is 1. The van der Waals surface area contributed by atoms with Crippen LogP contribution in [-0.4, -0.2) is 18.0 Å². The van der Waals surface area contributed by atoms with Gasteiger partial charge in [-0.1, -0.05) is 36.4 Å². The molecule has 1 unspecified atom stereocenters. The van der Waals surface area contributed by atoms with E-state index in [9.17, 15) is 0 Å². The summed E-state index contributed by atoms with van der Waals surface area (Å²) >= 11 is 0. The molecule has 0 saturated carbocycles. The Morgan fingerprint density at radius 1 is 1.17 bits per heavy atom. The fourth-order valence-corrected chi connectivity index (χ4v) is 3.69. The van der Waals surface area contributed by atoms with Crippen LogP contribution < -0.4 is 5.32 Å². The first-order valence-electron chi connectivity index (χ1n) is 8.85. The molecule has 0 radical (unpaired) electrons. The zero-order valence-corrected chi connectivity index (χ0v) is 15.1. The largest absolute Gasteiger partial charge is 0.365 e. The van der Waals surface area contributed by atoms with Gasteiger partial charge >= 0.3 is 0 Å². The van der Waals surface area contributed by atoms with Crippen molar-refractivity contribution in [3.63, 3.8) is 0 Å². The smallest absolute Gasteiger partial charge is 0.0352 e. The van der Waals surface area contributed by atoms with Crippen molar-refractivity contribution in [3.05, 3.63) is 82.7 Å². The molecule has 1 saturated heterocycles. The molecule has 2 nitrogen and oxygen atoms in total. The molecule has 1 aromatic carbocycles. The van der Waals surface area contributed by atoms with E-state index in [2.05, 4.69) is 74.0 Å². The Bertz CT molecular complexity index is 704. The topological polar surface area (TPSA) is 15.3 Å². The van der Waals surface area contributed by atoms with Gasteiger partial charge < -0.3 is 5.32 Å². The highest BCUT2D eigenvalue weighted by Crippen LogP contribution is 2.34. The van der Waals surface area contributed by atoms with Crippen molar-refractivity contribution in [2.24, 2.45) is 0 Å². The zero-order chi connectivity index (χ0) is 17.1. The number of allylic oxidation sites excluding steroid dienone is 4. The van der Waals surface area contributed by atoms with E-state index in [4.69, 9.17) is 0 Å². The number of nitrogens with one attached hydrogen (secondary N) is 1. The summed E-state index contributed by atoms with van der Waals surface area (Å²) in [6.45, 7) is 12.9. The number of rotatable bonds is 3. The second-order valence-corrected chi connectivity index (χ2v) is 7.03. The average Bonchev–Trinajstić information content (AvgIpc) is 3.00. The molecule has 2 aliphatic rings. The summed E-state index contributed by atoms with van der Waals surface area (Å²) in [4.78, 5) is 2.61. The predicted molar refractivity (Wildman–Crippen MR) is 103 cm³/mol. The fourth-order valence-electron chi connectivity index (χ4n) is 3.69. The van der Waals surface area contributed by atoms with E-state index in [1.165, 1.54) is 40.8 Å². The highest BCUT2D eigenvalue weighted by molar-refractivity contribution is 5.46. The van der Waals surface area contributed by atoms with E-state index < -0.39 is 0 Å². The Morgan fingerprint density at radius 2 is 1.92 bits per heavy atom. The van der Waals surface area contributed by atoms with Gasteiger partial charge in [-0.2, -0.15) is 0 Å². The van der Waals surface area contributed by atoms with Crippen molar-refractivity contribution >= 4 is 0 Å². The summed E-state index contributed by atoms with van der Waals surface area (Å²) in [5.74, 6) is 0. The van der Waals surface area contributed by atoms with Gasteiger partial charge in [-0.15, -0.1) is 0 Å². The number of hydrogen-bond acceptors (Lipinski definition) is 2. The summed E-state index contributed by atoms with van der Waals surface area (Å²) in [6, 6.07) is 9.56. The van der Waals surface area contributed by atoms with E-state index >= 15 is 0 Å². The van der Waals surface area contributed by atoms with E-state index in [1.807, 2.05) is 6.20 Å². The quantitative estimate of drug-likeness (QED) is 0.840. The van der Waals surface area contributed by atoms with Crippen LogP contribution in [0.15, 0.2) is 71.6 Å². The summed E-state index contributed by atoms with van der Waals surface area (Å²) in [5.41, 5.74) is 7.71. The highest BCUT2D eigenvalue weighted by Gasteiger charge is 2.27. The summed E-state index contributed by atoms with van der Waals surface area (Å²) < 4.78 is 0. The van der Waals surface area contributed by atoms with Crippen LogP contribution in [0.5, 0.6) is 0 Å². The molecule has 2 heteroatoms. The summed E-state index contributed by atoms with van der Waals surface area (Å²) in [6.07, 6.45) is 8.81. The average molecular weight is 320 g/mol. The van der Waals surface area contributed by atoms with Gasteiger partial charge in [0.05, 0.1) is 0 Å². The standard InChI is InChI=1S/C22H28N2/c1-16-7-9-20(10-8-16)22-6-5-13-24(22)15-21-17(2)11-12-23-19(4)14-18(21)3/h7-12,14,22-23H,2,5-6,13,15H2,1,3-4H3/b12-11-,19-14-,21-18?. The van der Waals surface area contributed by atoms with Crippen LogP contribution in [0.2, 0.25) is 0 Å². The van der Waals surface area contributed by atoms with Crippen LogP contribution in [-0.2, 0) is 0 Å². The van der Waals surface area contributed by atoms with Crippen LogP contribution in [0, 0.1) is 6.92 Å². The van der Waals surface area contributed by atoms with Crippen LogP contribution in [0.4, 0.5) is 0 Å². The Kier molecular flexibility index (Phi) is 5.06. The van der Waals surface area contributed by atoms with E-state index in [1.54, 1.807) is 0 Å².